The predicted molar refractivity (Wildman–Crippen MR) is 50.0 cm³/mol. The van der Waals surface area contributed by atoms with E-state index in [-0.39, 0.29) is 12.6 Å². The summed E-state index contributed by atoms with van der Waals surface area (Å²) in [5.74, 6) is 0. The molecule has 1 atom stereocenters. The lowest BCUT2D eigenvalue weighted by atomic mass is 10.4. The third kappa shape index (κ3) is 2.76. The monoisotopic (exact) mass is 236 g/mol. The van der Waals surface area contributed by atoms with Crippen LogP contribution in [0.1, 0.15) is 6.92 Å². The van der Waals surface area contributed by atoms with Gasteiger partial charge in [0.05, 0.1) is 6.61 Å². The Bertz CT molecular complexity index is 228. The Labute approximate surface area is 77.6 Å². The molecule has 3 nitrogen and oxygen atoms in total. The molecule has 0 radical (unpaired) electrons. The van der Waals surface area contributed by atoms with Crippen LogP contribution in [-0.2, 0) is 0 Å². The number of nitrogens with one attached hydrogen (secondary N) is 1. The van der Waals surface area contributed by atoms with Crippen molar-refractivity contribution < 1.29 is 5.11 Å². The molecule has 0 aromatic carbocycles. The van der Waals surface area contributed by atoms with Crippen LogP contribution in [0.15, 0.2) is 9.98 Å². The third-order valence-corrected chi connectivity index (χ3v) is 2.60. The Morgan fingerprint density at radius 2 is 2.64 bits per heavy atom. The summed E-state index contributed by atoms with van der Waals surface area (Å²) in [6.45, 7) is 2.02. The lowest BCUT2D eigenvalue weighted by Crippen LogP contribution is -2.18. The van der Waals surface area contributed by atoms with Crippen LogP contribution in [0, 0.1) is 0 Å². The van der Waals surface area contributed by atoms with E-state index < -0.39 is 0 Å². The van der Waals surface area contributed by atoms with Crippen molar-refractivity contribution in [2.45, 2.75) is 13.0 Å². The zero-order valence-corrected chi connectivity index (χ0v) is 8.44. The van der Waals surface area contributed by atoms with Gasteiger partial charge in [-0.25, -0.2) is 4.98 Å². The zero-order valence-electron chi connectivity index (χ0n) is 6.04. The number of aromatic nitrogens is 1. The second-order valence-corrected chi connectivity index (χ2v) is 3.87. The van der Waals surface area contributed by atoms with Crippen LogP contribution in [0.2, 0.25) is 0 Å². The molecule has 1 aromatic heterocycles. The largest absolute Gasteiger partial charge is 0.394 e. The Balaban J connectivity index is 2.50. The molecule has 0 aliphatic carbocycles. The first kappa shape index (κ1) is 8.96. The van der Waals surface area contributed by atoms with Crippen molar-refractivity contribution in [3.8, 4) is 0 Å². The van der Waals surface area contributed by atoms with Crippen molar-refractivity contribution >= 4 is 32.4 Å². The minimum absolute atomic E-state index is 0.0630. The Morgan fingerprint density at radius 3 is 3.09 bits per heavy atom. The summed E-state index contributed by atoms with van der Waals surface area (Å²) in [7, 11) is 0. The Kier molecular flexibility index (Phi) is 3.29. The van der Waals surface area contributed by atoms with Crippen LogP contribution < -0.4 is 5.32 Å². The molecule has 0 fully saturated rings. The van der Waals surface area contributed by atoms with Crippen LogP contribution in [0.3, 0.4) is 0 Å². The lowest BCUT2D eigenvalue weighted by molar-refractivity contribution is 0.281. The summed E-state index contributed by atoms with van der Waals surface area (Å²) < 4.78 is 0.829. The molecule has 0 amide bonds. The van der Waals surface area contributed by atoms with Crippen LogP contribution >= 0.6 is 27.3 Å². The van der Waals surface area contributed by atoms with E-state index in [9.17, 15) is 0 Å². The summed E-state index contributed by atoms with van der Waals surface area (Å²) in [5, 5.41) is 14.5. The van der Waals surface area contributed by atoms with Gasteiger partial charge in [0.25, 0.3) is 0 Å². The summed E-state index contributed by atoms with van der Waals surface area (Å²) in [4.78, 5) is 4.11. The van der Waals surface area contributed by atoms with Crippen molar-refractivity contribution in [1.29, 1.82) is 0 Å². The van der Waals surface area contributed by atoms with Crippen LogP contribution in [-0.4, -0.2) is 22.7 Å². The van der Waals surface area contributed by atoms with E-state index in [1.54, 1.807) is 0 Å². The van der Waals surface area contributed by atoms with Crippen LogP contribution in [0.4, 0.5) is 5.13 Å². The van der Waals surface area contributed by atoms with Gasteiger partial charge in [0.2, 0.25) is 0 Å². The fraction of sp³-hybridized carbons (Fsp3) is 0.500. The number of hydrogen-bond acceptors (Lipinski definition) is 4. The average molecular weight is 237 g/mol. The lowest BCUT2D eigenvalue weighted by Gasteiger charge is -2.07. The second-order valence-electron chi connectivity index (χ2n) is 2.20. The van der Waals surface area contributed by atoms with E-state index in [0.29, 0.717) is 0 Å². The van der Waals surface area contributed by atoms with Gasteiger partial charge in [-0.15, -0.1) is 11.3 Å². The smallest absolute Gasteiger partial charge is 0.184 e. The third-order valence-electron chi connectivity index (χ3n) is 1.12. The van der Waals surface area contributed by atoms with Crippen molar-refractivity contribution in [2.24, 2.45) is 0 Å². The SMILES string of the molecule is CC(CO)Nc1nc(Br)cs1. The van der Waals surface area contributed by atoms with Crippen molar-refractivity contribution in [1.82, 2.24) is 4.98 Å². The molecule has 5 heteroatoms. The van der Waals surface area contributed by atoms with Crippen LogP contribution in [0.25, 0.3) is 0 Å². The van der Waals surface area contributed by atoms with Gasteiger partial charge < -0.3 is 10.4 Å². The number of nitrogens with zero attached hydrogens (tertiary/aromatic N) is 1. The van der Waals surface area contributed by atoms with E-state index in [4.69, 9.17) is 5.11 Å². The van der Waals surface area contributed by atoms with E-state index in [0.717, 1.165) is 9.73 Å². The van der Waals surface area contributed by atoms with Gasteiger partial charge in [-0.1, -0.05) is 0 Å². The summed E-state index contributed by atoms with van der Waals surface area (Å²) in [6.07, 6.45) is 0. The molecule has 0 aliphatic heterocycles. The highest BCUT2D eigenvalue weighted by atomic mass is 79.9. The molecule has 0 bridgehead atoms. The number of thiazole rings is 1. The van der Waals surface area contributed by atoms with Gasteiger partial charge in [-0.2, -0.15) is 0 Å². The Hall–Kier alpha value is -0.130. The molecule has 1 unspecified atom stereocenters. The molecule has 0 saturated carbocycles. The molecule has 0 aliphatic rings. The van der Waals surface area contributed by atoms with Gasteiger partial charge in [-0.05, 0) is 22.9 Å². The summed E-state index contributed by atoms with van der Waals surface area (Å²) >= 11 is 4.75. The fourth-order valence-electron chi connectivity index (χ4n) is 0.577. The van der Waals surface area contributed by atoms with Gasteiger partial charge >= 0.3 is 0 Å². The molecule has 0 saturated heterocycles. The molecule has 1 aromatic rings. The number of aliphatic hydroxyl groups excluding tert-OH is 1. The molecule has 1 heterocycles. The van der Waals surface area contributed by atoms with E-state index in [1.165, 1.54) is 11.3 Å². The first-order valence-corrected chi connectivity index (χ1v) is 4.88. The quantitative estimate of drug-likeness (QED) is 0.840. The maximum absolute atomic E-state index is 8.71. The first-order chi connectivity index (χ1) is 5.22. The van der Waals surface area contributed by atoms with Crippen molar-refractivity contribution in [3.05, 3.63) is 9.98 Å². The van der Waals surface area contributed by atoms with E-state index in [1.807, 2.05) is 12.3 Å². The zero-order chi connectivity index (χ0) is 8.27. The minimum Gasteiger partial charge on any atom is -0.394 e. The summed E-state index contributed by atoms with van der Waals surface area (Å²) in [6, 6.07) is 0.0630. The molecule has 2 N–H and O–H groups in total. The number of anilines is 1. The van der Waals surface area contributed by atoms with Crippen molar-refractivity contribution in [2.75, 3.05) is 11.9 Å². The van der Waals surface area contributed by atoms with Crippen molar-refractivity contribution in [3.63, 3.8) is 0 Å². The number of rotatable bonds is 3. The second kappa shape index (κ2) is 4.04. The first-order valence-electron chi connectivity index (χ1n) is 3.21. The number of aliphatic hydroxyl groups is 1. The topological polar surface area (TPSA) is 45.1 Å². The van der Waals surface area contributed by atoms with Gasteiger partial charge in [0.15, 0.2) is 5.13 Å². The summed E-state index contributed by atoms with van der Waals surface area (Å²) in [5.41, 5.74) is 0. The molecule has 1 rings (SSSR count). The highest BCUT2D eigenvalue weighted by molar-refractivity contribution is 9.10. The highest BCUT2D eigenvalue weighted by Crippen LogP contribution is 2.19. The Morgan fingerprint density at radius 1 is 1.91 bits per heavy atom. The normalized spacial score (nSPS) is 13.0. The van der Waals surface area contributed by atoms with Gasteiger partial charge in [-0.3, -0.25) is 0 Å². The molecule has 0 spiro atoms. The number of hydrogen-bond donors (Lipinski definition) is 2. The average Bonchev–Trinajstić information content (AvgIpc) is 2.35. The molecule has 62 valence electrons. The fourth-order valence-corrected chi connectivity index (χ4v) is 1.83. The highest BCUT2D eigenvalue weighted by Gasteiger charge is 2.02. The predicted octanol–water partition coefficient (Wildman–Crippen LogP) is 1.70. The van der Waals surface area contributed by atoms with Gasteiger partial charge in [0.1, 0.15) is 4.60 Å². The maximum atomic E-state index is 8.71. The molecular formula is C6H9BrN2OS. The van der Waals surface area contributed by atoms with Crippen LogP contribution in [0.5, 0.6) is 0 Å². The van der Waals surface area contributed by atoms with E-state index in [2.05, 4.69) is 26.2 Å². The molecule has 11 heavy (non-hydrogen) atoms. The van der Waals surface area contributed by atoms with E-state index >= 15 is 0 Å². The minimum atomic E-state index is 0.0630. The maximum Gasteiger partial charge on any atom is 0.184 e. The molecular weight excluding hydrogens is 228 g/mol. The standard InChI is InChI=1S/C6H9BrN2OS/c1-4(2-10)8-6-9-5(7)3-11-6/h3-4,10H,2H2,1H3,(H,8,9). The van der Waals surface area contributed by atoms with Gasteiger partial charge in [0, 0.05) is 11.4 Å². The number of halogens is 1.